The van der Waals surface area contributed by atoms with E-state index in [1.165, 1.54) is 0 Å². The monoisotopic (exact) mass is 986 g/mol. The van der Waals surface area contributed by atoms with Gasteiger partial charge in [-0.1, -0.05) is 34.5 Å². The third-order valence-corrected chi connectivity index (χ3v) is 11.0. The Morgan fingerprint density at radius 3 is 1.46 bits per heavy atom. The van der Waals surface area contributed by atoms with Crippen LogP contribution in [0.2, 0.25) is 0 Å². The molecule has 0 unspecified atom stereocenters. The number of carbonyl (C=O) groups is 9. The second kappa shape index (κ2) is 30.7. The maximum Gasteiger partial charge on any atom is 0.326 e. The Bertz CT molecular complexity index is 1710. The quantitative estimate of drug-likeness (QED) is 0.0506. The molecule has 0 aliphatic carbocycles. The molecule has 2 atom stereocenters. The normalized spacial score (nSPS) is 15.6. The second-order valence-electron chi connectivity index (χ2n) is 15.7. The Morgan fingerprint density at radius 2 is 1.02 bits per heavy atom. The van der Waals surface area contributed by atoms with Gasteiger partial charge in [-0.2, -0.15) is 0 Å². The molecule has 4 amide bonds. The summed E-state index contributed by atoms with van der Waals surface area (Å²) in [5.74, 6) is -7.64. The topological polar surface area (TPSA) is 327 Å². The van der Waals surface area contributed by atoms with E-state index >= 15 is 0 Å². The molecule has 364 valence electrons. The molecule has 1 aliphatic rings. The number of unbranched alkanes of at least 4 members (excludes halogenated alkanes) is 3. The Balaban J connectivity index is 1.92. The standard InChI is InChI=1S/C41H63BrN8O15/c42-30-10-8-29(9-11-30)24-50(15-5-3-6-31(39(61)62)44-41(65)45-32(40(63)64)12-13-35(53)54)34(52)7-2-1-4-14-43-33(51)25-46-16-18-47(26-36(55)56)20-22-49(28-38(59)60)23-21-48(19-17-46)27-37(57)58/h8-11,31-32H,1-7,12-28H2,(H,43,51)(H,53,54)(H,55,56)(H,57,58)(H,59,60)(H,61,62)(H,63,64)(H2,44,45,65)/t31-,32+/m1/s1. The molecule has 1 aromatic rings. The second-order valence-corrected chi connectivity index (χ2v) is 16.6. The van der Waals surface area contributed by atoms with Gasteiger partial charge >= 0.3 is 41.8 Å². The molecule has 1 aromatic carbocycles. The van der Waals surface area contributed by atoms with Gasteiger partial charge in [0.2, 0.25) is 11.8 Å². The third kappa shape index (κ3) is 25.6. The first-order valence-corrected chi connectivity index (χ1v) is 22.2. The average Bonchev–Trinajstić information content (AvgIpc) is 3.22. The molecule has 0 radical (unpaired) electrons. The van der Waals surface area contributed by atoms with Crippen molar-refractivity contribution in [2.45, 2.75) is 76.4 Å². The van der Waals surface area contributed by atoms with Crippen LogP contribution >= 0.6 is 15.9 Å². The minimum absolute atomic E-state index is 0.0211. The maximum absolute atomic E-state index is 13.5. The van der Waals surface area contributed by atoms with Gasteiger partial charge in [-0.25, -0.2) is 14.4 Å². The molecular formula is C41H63BrN8O15. The van der Waals surface area contributed by atoms with Gasteiger partial charge in [0, 0.05) is 89.3 Å². The number of nitrogens with zero attached hydrogens (tertiary/aromatic N) is 5. The summed E-state index contributed by atoms with van der Waals surface area (Å²) in [5, 5.41) is 63.3. The molecule has 0 aromatic heterocycles. The fraction of sp³-hybridized carbons (Fsp3) is 0.634. The van der Waals surface area contributed by atoms with Crippen LogP contribution in [-0.4, -0.2) is 213 Å². The molecule has 9 N–H and O–H groups in total. The highest BCUT2D eigenvalue weighted by Crippen LogP contribution is 2.15. The fourth-order valence-electron chi connectivity index (χ4n) is 6.90. The van der Waals surface area contributed by atoms with Crippen molar-refractivity contribution in [1.29, 1.82) is 0 Å². The van der Waals surface area contributed by atoms with Crippen LogP contribution in [0.5, 0.6) is 0 Å². The lowest BCUT2D eigenvalue weighted by Crippen LogP contribution is -2.51. The Hall–Kier alpha value is -5.43. The molecule has 65 heavy (non-hydrogen) atoms. The highest BCUT2D eigenvalue weighted by atomic mass is 79.9. The molecule has 1 heterocycles. The van der Waals surface area contributed by atoms with Gasteiger partial charge in [0.15, 0.2) is 0 Å². The highest BCUT2D eigenvalue weighted by Gasteiger charge is 2.26. The van der Waals surface area contributed by atoms with Crippen LogP contribution in [0.1, 0.15) is 63.4 Å². The molecule has 0 saturated carbocycles. The average molecular weight is 988 g/mol. The number of rotatable bonds is 28. The number of halogens is 1. The Labute approximate surface area is 385 Å². The van der Waals surface area contributed by atoms with E-state index in [0.717, 1.165) is 10.0 Å². The number of nitrogens with one attached hydrogen (secondary N) is 3. The SMILES string of the molecule is O=C(O)CC[C@H](NC(=O)N[C@H](CCCCN(Cc1ccc(Br)cc1)C(=O)CCCCCNC(=O)CN1CCN(CC(=O)O)CCN(CC(=O)O)CCN(CC(=O)O)CC1)C(=O)O)C(=O)O. The lowest BCUT2D eigenvalue weighted by atomic mass is 10.1. The van der Waals surface area contributed by atoms with Gasteiger partial charge in [0.1, 0.15) is 12.1 Å². The fourth-order valence-corrected chi connectivity index (χ4v) is 7.17. The Kier molecular flexibility index (Phi) is 26.3. The number of aliphatic carboxylic acids is 6. The number of carboxylic acid groups (broad SMARTS) is 6. The highest BCUT2D eigenvalue weighted by molar-refractivity contribution is 9.10. The Morgan fingerprint density at radius 1 is 0.554 bits per heavy atom. The van der Waals surface area contributed by atoms with E-state index < -0.39 is 66.8 Å². The number of hydrogen-bond acceptors (Lipinski definition) is 13. The van der Waals surface area contributed by atoms with Crippen molar-refractivity contribution < 1.29 is 73.8 Å². The summed E-state index contributed by atoms with van der Waals surface area (Å²) in [5.41, 5.74) is 0.866. The van der Waals surface area contributed by atoms with E-state index in [1.807, 2.05) is 29.2 Å². The summed E-state index contributed by atoms with van der Waals surface area (Å²) in [4.78, 5) is 116. The van der Waals surface area contributed by atoms with Crippen LogP contribution < -0.4 is 16.0 Å². The molecular weight excluding hydrogens is 924 g/mol. The largest absolute Gasteiger partial charge is 0.481 e. The predicted molar refractivity (Wildman–Crippen MR) is 235 cm³/mol. The minimum atomic E-state index is -1.53. The molecule has 0 bridgehead atoms. The number of hydrogen-bond donors (Lipinski definition) is 9. The number of urea groups is 1. The summed E-state index contributed by atoms with van der Waals surface area (Å²) >= 11 is 3.40. The first-order valence-electron chi connectivity index (χ1n) is 21.4. The molecule has 23 nitrogen and oxygen atoms in total. The first kappa shape index (κ1) is 55.7. The molecule has 24 heteroatoms. The van der Waals surface area contributed by atoms with Crippen molar-refractivity contribution in [3.63, 3.8) is 0 Å². The zero-order valence-corrected chi connectivity index (χ0v) is 38.0. The van der Waals surface area contributed by atoms with Crippen LogP contribution in [0.4, 0.5) is 4.79 Å². The van der Waals surface area contributed by atoms with Gasteiger partial charge in [-0.3, -0.25) is 48.4 Å². The van der Waals surface area contributed by atoms with Crippen LogP contribution in [0.25, 0.3) is 0 Å². The zero-order valence-electron chi connectivity index (χ0n) is 36.4. The lowest BCUT2D eigenvalue weighted by Gasteiger charge is -2.32. The number of carbonyl (C=O) groups excluding carboxylic acids is 3. The minimum Gasteiger partial charge on any atom is -0.481 e. The summed E-state index contributed by atoms with van der Waals surface area (Å²) in [6.07, 6.45) is 1.64. The number of benzene rings is 1. The van der Waals surface area contributed by atoms with Crippen molar-refractivity contribution in [2.24, 2.45) is 0 Å². The maximum atomic E-state index is 13.5. The van der Waals surface area contributed by atoms with Crippen molar-refractivity contribution in [2.75, 3.05) is 91.6 Å². The van der Waals surface area contributed by atoms with Crippen molar-refractivity contribution in [3.8, 4) is 0 Å². The number of amides is 4. The third-order valence-electron chi connectivity index (χ3n) is 10.4. The van der Waals surface area contributed by atoms with Crippen molar-refractivity contribution in [3.05, 3.63) is 34.3 Å². The van der Waals surface area contributed by atoms with E-state index in [-0.39, 0.29) is 103 Å². The number of carboxylic acids is 6. The molecule has 1 aliphatic heterocycles. The van der Waals surface area contributed by atoms with Gasteiger partial charge in [0.05, 0.1) is 26.2 Å². The van der Waals surface area contributed by atoms with Crippen LogP contribution in [-0.2, 0) is 44.9 Å². The van der Waals surface area contributed by atoms with Crippen LogP contribution in [0.3, 0.4) is 0 Å². The van der Waals surface area contributed by atoms with E-state index in [0.29, 0.717) is 51.9 Å². The van der Waals surface area contributed by atoms with E-state index in [2.05, 4.69) is 31.9 Å². The predicted octanol–water partition coefficient (Wildman–Crippen LogP) is 0.170. The summed E-state index contributed by atoms with van der Waals surface area (Å²) < 4.78 is 0.856. The van der Waals surface area contributed by atoms with Crippen LogP contribution in [0.15, 0.2) is 28.7 Å². The molecule has 0 spiro atoms. The smallest absolute Gasteiger partial charge is 0.326 e. The van der Waals surface area contributed by atoms with Crippen molar-refractivity contribution in [1.82, 2.24) is 40.4 Å². The lowest BCUT2D eigenvalue weighted by molar-refractivity contribution is -0.141. The zero-order chi connectivity index (χ0) is 48.3. The van der Waals surface area contributed by atoms with Gasteiger partial charge in [-0.05, 0) is 56.2 Å². The summed E-state index contributed by atoms with van der Waals surface area (Å²) in [6.45, 7) is 2.25. The van der Waals surface area contributed by atoms with Crippen LogP contribution in [0, 0.1) is 0 Å². The summed E-state index contributed by atoms with van der Waals surface area (Å²) in [6, 6.07) is 3.44. The van der Waals surface area contributed by atoms with Gasteiger partial charge in [0.25, 0.3) is 0 Å². The van der Waals surface area contributed by atoms with E-state index in [1.54, 1.807) is 19.6 Å². The summed E-state index contributed by atoms with van der Waals surface area (Å²) in [7, 11) is 0. The molecule has 2 rings (SSSR count). The van der Waals surface area contributed by atoms with Gasteiger partial charge < -0.3 is 51.5 Å². The first-order chi connectivity index (χ1) is 30.8. The van der Waals surface area contributed by atoms with E-state index in [4.69, 9.17) is 5.11 Å². The molecule has 1 saturated heterocycles. The molecule has 1 fully saturated rings. The van der Waals surface area contributed by atoms with Crippen molar-refractivity contribution >= 4 is 69.6 Å². The van der Waals surface area contributed by atoms with Gasteiger partial charge in [-0.15, -0.1) is 0 Å². The van der Waals surface area contributed by atoms with E-state index in [9.17, 15) is 68.7 Å².